The second-order valence-electron chi connectivity index (χ2n) is 5.89. The molecule has 0 radical (unpaired) electrons. The van der Waals surface area contributed by atoms with Crippen LogP contribution in [0.3, 0.4) is 0 Å². The summed E-state index contributed by atoms with van der Waals surface area (Å²) in [4.78, 5) is 25.4. The van der Waals surface area contributed by atoms with E-state index >= 15 is 0 Å². The summed E-state index contributed by atoms with van der Waals surface area (Å²) in [6.07, 6.45) is 0. The summed E-state index contributed by atoms with van der Waals surface area (Å²) in [6.45, 7) is 5.34. The van der Waals surface area contributed by atoms with Crippen molar-refractivity contribution in [2.75, 3.05) is 11.4 Å². The van der Waals surface area contributed by atoms with Crippen LogP contribution in [0.15, 0.2) is 18.2 Å². The number of hydrogen-bond donors (Lipinski definition) is 1. The molecule has 0 aliphatic carbocycles. The van der Waals surface area contributed by atoms with Gasteiger partial charge in [0.05, 0.1) is 5.69 Å². The minimum atomic E-state index is -0.682. The molecule has 20 heavy (non-hydrogen) atoms. The Balaban J connectivity index is 2.40. The summed E-state index contributed by atoms with van der Waals surface area (Å²) in [7, 11) is 0. The zero-order valence-electron chi connectivity index (χ0n) is 11.5. The molecular formula is C14H16ClFN2O2. The van der Waals surface area contributed by atoms with Gasteiger partial charge in [-0.1, -0.05) is 32.4 Å². The van der Waals surface area contributed by atoms with E-state index in [1.165, 1.54) is 17.0 Å². The van der Waals surface area contributed by atoms with Gasteiger partial charge >= 0.3 is 0 Å². The average Bonchev–Trinajstić information content (AvgIpc) is 2.31. The fourth-order valence-electron chi connectivity index (χ4n) is 2.14. The molecule has 0 spiro atoms. The SMILES string of the molecule is CC(C)(C)C1NC(=O)CN(c2ccc(Cl)cc2F)C1=O. The number of nitrogens with one attached hydrogen (secondary N) is 1. The summed E-state index contributed by atoms with van der Waals surface area (Å²) in [5, 5.41) is 2.90. The van der Waals surface area contributed by atoms with E-state index in [2.05, 4.69) is 5.32 Å². The van der Waals surface area contributed by atoms with Crippen LogP contribution >= 0.6 is 11.6 Å². The highest BCUT2D eigenvalue weighted by Crippen LogP contribution is 2.29. The van der Waals surface area contributed by atoms with E-state index in [0.717, 1.165) is 6.07 Å². The number of rotatable bonds is 1. The molecule has 6 heteroatoms. The van der Waals surface area contributed by atoms with E-state index in [9.17, 15) is 14.0 Å². The van der Waals surface area contributed by atoms with E-state index in [4.69, 9.17) is 11.6 Å². The molecule has 108 valence electrons. The van der Waals surface area contributed by atoms with Gasteiger partial charge in [0.2, 0.25) is 5.91 Å². The fraction of sp³-hybridized carbons (Fsp3) is 0.429. The Labute approximate surface area is 121 Å². The van der Waals surface area contributed by atoms with Gasteiger partial charge in [-0.25, -0.2) is 4.39 Å². The van der Waals surface area contributed by atoms with Crippen molar-refractivity contribution in [2.24, 2.45) is 5.41 Å². The predicted octanol–water partition coefficient (Wildman–Crippen LogP) is 2.36. The number of hydrogen-bond acceptors (Lipinski definition) is 2. The molecule has 1 heterocycles. The van der Waals surface area contributed by atoms with Crippen LogP contribution in [0, 0.1) is 11.2 Å². The standard InChI is InChI=1S/C14H16ClFN2O2/c1-14(2,3)12-13(20)18(7-11(19)17-12)10-5-4-8(15)6-9(10)16/h4-6,12H,7H2,1-3H3,(H,17,19). The Morgan fingerprint density at radius 3 is 2.55 bits per heavy atom. The Hall–Kier alpha value is -1.62. The molecule has 2 rings (SSSR count). The highest BCUT2D eigenvalue weighted by Gasteiger charge is 2.41. The van der Waals surface area contributed by atoms with Crippen molar-refractivity contribution in [3.8, 4) is 0 Å². The third-order valence-electron chi connectivity index (χ3n) is 3.19. The summed E-state index contributed by atoms with van der Waals surface area (Å²) >= 11 is 5.70. The predicted molar refractivity (Wildman–Crippen MR) is 75.1 cm³/mol. The van der Waals surface area contributed by atoms with Gasteiger partial charge in [0, 0.05) is 5.02 Å². The molecule has 1 atom stereocenters. The smallest absolute Gasteiger partial charge is 0.250 e. The van der Waals surface area contributed by atoms with Crippen molar-refractivity contribution in [1.29, 1.82) is 0 Å². The molecule has 1 saturated heterocycles. The van der Waals surface area contributed by atoms with Gasteiger partial charge in [-0.3, -0.25) is 14.5 Å². The summed E-state index contributed by atoms with van der Waals surface area (Å²) in [5.41, 5.74) is -0.377. The molecule has 1 aromatic rings. The molecular weight excluding hydrogens is 283 g/mol. The average molecular weight is 299 g/mol. The fourth-order valence-corrected chi connectivity index (χ4v) is 2.30. The number of halogens is 2. The third kappa shape index (κ3) is 2.77. The molecule has 1 aliphatic rings. The molecule has 0 bridgehead atoms. The summed E-state index contributed by atoms with van der Waals surface area (Å²) in [5.74, 6) is -1.24. The second kappa shape index (κ2) is 5.05. The number of piperazine rings is 1. The second-order valence-corrected chi connectivity index (χ2v) is 6.32. The first-order valence-corrected chi connectivity index (χ1v) is 6.64. The van der Waals surface area contributed by atoms with Crippen molar-refractivity contribution in [3.63, 3.8) is 0 Å². The monoisotopic (exact) mass is 298 g/mol. The lowest BCUT2D eigenvalue weighted by Gasteiger charge is -2.38. The maximum atomic E-state index is 13.9. The first-order valence-electron chi connectivity index (χ1n) is 6.26. The molecule has 0 aromatic heterocycles. The first kappa shape index (κ1) is 14.8. The zero-order valence-corrected chi connectivity index (χ0v) is 12.3. The highest BCUT2D eigenvalue weighted by atomic mass is 35.5. The van der Waals surface area contributed by atoms with Crippen LogP contribution in [-0.4, -0.2) is 24.4 Å². The molecule has 0 saturated carbocycles. The molecule has 1 unspecified atom stereocenters. The molecule has 1 fully saturated rings. The van der Waals surface area contributed by atoms with Crippen LogP contribution in [0.5, 0.6) is 0 Å². The Kier molecular flexibility index (Phi) is 3.73. The van der Waals surface area contributed by atoms with Crippen LogP contribution in [0.25, 0.3) is 0 Å². The Bertz CT molecular complexity index is 569. The molecule has 2 amide bonds. The van der Waals surface area contributed by atoms with Crippen LogP contribution < -0.4 is 10.2 Å². The summed E-state index contributed by atoms with van der Waals surface area (Å²) in [6, 6.07) is 3.35. The van der Waals surface area contributed by atoms with Gasteiger partial charge in [0.15, 0.2) is 0 Å². The van der Waals surface area contributed by atoms with Crippen molar-refractivity contribution < 1.29 is 14.0 Å². The maximum absolute atomic E-state index is 13.9. The lowest BCUT2D eigenvalue weighted by molar-refractivity contribution is -0.133. The van der Waals surface area contributed by atoms with Gasteiger partial charge in [-0.2, -0.15) is 0 Å². The number of benzene rings is 1. The van der Waals surface area contributed by atoms with E-state index < -0.39 is 17.3 Å². The lowest BCUT2D eigenvalue weighted by atomic mass is 9.84. The summed E-state index contributed by atoms with van der Waals surface area (Å²) < 4.78 is 13.9. The van der Waals surface area contributed by atoms with Crippen LogP contribution in [0.4, 0.5) is 10.1 Å². The quantitative estimate of drug-likeness (QED) is 0.865. The zero-order chi connectivity index (χ0) is 15.1. The van der Waals surface area contributed by atoms with Crippen LogP contribution in [0.1, 0.15) is 20.8 Å². The van der Waals surface area contributed by atoms with E-state index in [0.29, 0.717) is 0 Å². The van der Waals surface area contributed by atoms with E-state index in [1.54, 1.807) is 0 Å². The van der Waals surface area contributed by atoms with Crippen molar-refractivity contribution in [2.45, 2.75) is 26.8 Å². The minimum absolute atomic E-state index is 0.0727. The van der Waals surface area contributed by atoms with Gasteiger partial charge in [-0.05, 0) is 23.6 Å². The Morgan fingerprint density at radius 2 is 2.00 bits per heavy atom. The van der Waals surface area contributed by atoms with E-state index in [1.807, 2.05) is 20.8 Å². The molecule has 4 nitrogen and oxygen atoms in total. The topological polar surface area (TPSA) is 49.4 Å². The number of anilines is 1. The van der Waals surface area contributed by atoms with E-state index in [-0.39, 0.29) is 29.1 Å². The van der Waals surface area contributed by atoms with Gasteiger partial charge < -0.3 is 5.32 Å². The van der Waals surface area contributed by atoms with Crippen LogP contribution in [-0.2, 0) is 9.59 Å². The van der Waals surface area contributed by atoms with Crippen LogP contribution in [0.2, 0.25) is 5.02 Å². The number of carbonyl (C=O) groups is 2. The van der Waals surface area contributed by atoms with Crippen molar-refractivity contribution >= 4 is 29.1 Å². The molecule has 1 aliphatic heterocycles. The van der Waals surface area contributed by atoms with Gasteiger partial charge in [0.1, 0.15) is 18.4 Å². The number of amides is 2. The first-order chi connectivity index (χ1) is 9.20. The third-order valence-corrected chi connectivity index (χ3v) is 3.42. The Morgan fingerprint density at radius 1 is 1.35 bits per heavy atom. The lowest BCUT2D eigenvalue weighted by Crippen LogP contribution is -2.62. The minimum Gasteiger partial charge on any atom is -0.342 e. The maximum Gasteiger partial charge on any atom is 0.250 e. The normalized spacial score (nSPS) is 20.1. The van der Waals surface area contributed by atoms with Crippen molar-refractivity contribution in [3.05, 3.63) is 29.0 Å². The largest absolute Gasteiger partial charge is 0.342 e. The number of carbonyl (C=O) groups excluding carboxylic acids is 2. The highest BCUT2D eigenvalue weighted by molar-refractivity contribution is 6.30. The van der Waals surface area contributed by atoms with Crippen molar-refractivity contribution in [1.82, 2.24) is 5.32 Å². The molecule has 1 aromatic carbocycles. The van der Waals surface area contributed by atoms with Gasteiger partial charge in [-0.15, -0.1) is 0 Å². The van der Waals surface area contributed by atoms with Gasteiger partial charge in [0.25, 0.3) is 5.91 Å². The molecule has 1 N–H and O–H groups in total. The number of nitrogens with zero attached hydrogens (tertiary/aromatic N) is 1.